The monoisotopic (exact) mass is 619 g/mol. The van der Waals surface area contributed by atoms with E-state index in [1.165, 1.54) is 17.0 Å². The van der Waals surface area contributed by atoms with Crippen molar-refractivity contribution in [3.63, 3.8) is 0 Å². The van der Waals surface area contributed by atoms with Crippen molar-refractivity contribution in [2.45, 2.75) is 37.8 Å². The molecule has 0 radical (unpaired) electrons. The summed E-state index contributed by atoms with van der Waals surface area (Å²) in [7, 11) is -4.05. The van der Waals surface area contributed by atoms with E-state index < -0.39 is 28.5 Å². The Balaban J connectivity index is 1.98. The van der Waals surface area contributed by atoms with Crippen LogP contribution in [0.5, 0.6) is 0 Å². The van der Waals surface area contributed by atoms with Crippen molar-refractivity contribution in [2.75, 3.05) is 17.4 Å². The maximum absolute atomic E-state index is 13.7. The van der Waals surface area contributed by atoms with Crippen LogP contribution in [0.4, 0.5) is 5.69 Å². The summed E-state index contributed by atoms with van der Waals surface area (Å²) in [6.07, 6.45) is 0.765. The highest BCUT2D eigenvalue weighted by atomic mass is 127. The molecule has 36 heavy (non-hydrogen) atoms. The Kier molecular flexibility index (Phi) is 9.89. The highest BCUT2D eigenvalue weighted by Gasteiger charge is 2.32. The van der Waals surface area contributed by atoms with E-state index in [1.807, 2.05) is 37.3 Å². The Morgan fingerprint density at radius 3 is 2.08 bits per heavy atom. The molecular formula is C27H30IN3O4S. The van der Waals surface area contributed by atoms with Crippen molar-refractivity contribution >= 4 is 50.1 Å². The molecule has 0 spiro atoms. The number of benzene rings is 3. The molecule has 0 heterocycles. The van der Waals surface area contributed by atoms with Crippen molar-refractivity contribution in [2.24, 2.45) is 0 Å². The van der Waals surface area contributed by atoms with Crippen molar-refractivity contribution in [1.82, 2.24) is 10.2 Å². The largest absolute Gasteiger partial charge is 0.354 e. The van der Waals surface area contributed by atoms with E-state index in [0.29, 0.717) is 12.2 Å². The topological polar surface area (TPSA) is 86.8 Å². The minimum absolute atomic E-state index is 0.0831. The third-order valence-corrected chi connectivity index (χ3v) is 8.14. The molecule has 3 rings (SSSR count). The Hall–Kier alpha value is -2.92. The zero-order valence-corrected chi connectivity index (χ0v) is 23.3. The van der Waals surface area contributed by atoms with Gasteiger partial charge in [-0.15, -0.1) is 0 Å². The predicted octanol–water partition coefficient (Wildman–Crippen LogP) is 4.43. The van der Waals surface area contributed by atoms with E-state index in [1.54, 1.807) is 49.4 Å². The van der Waals surface area contributed by atoms with Gasteiger partial charge in [0.05, 0.1) is 10.6 Å². The van der Waals surface area contributed by atoms with Crippen LogP contribution in [0.3, 0.4) is 0 Å². The van der Waals surface area contributed by atoms with Crippen LogP contribution in [0.25, 0.3) is 0 Å². The van der Waals surface area contributed by atoms with Crippen LogP contribution in [0.2, 0.25) is 0 Å². The molecule has 3 aromatic carbocycles. The molecule has 7 nitrogen and oxygen atoms in total. The van der Waals surface area contributed by atoms with E-state index in [4.69, 9.17) is 0 Å². The number of hydrogen-bond acceptors (Lipinski definition) is 4. The average molecular weight is 620 g/mol. The van der Waals surface area contributed by atoms with E-state index >= 15 is 0 Å². The van der Waals surface area contributed by atoms with Gasteiger partial charge in [0.1, 0.15) is 12.6 Å². The van der Waals surface area contributed by atoms with Gasteiger partial charge < -0.3 is 10.2 Å². The first-order chi connectivity index (χ1) is 17.2. The molecule has 190 valence electrons. The fraction of sp³-hybridized carbons (Fsp3) is 0.259. The van der Waals surface area contributed by atoms with Crippen LogP contribution < -0.4 is 9.62 Å². The minimum atomic E-state index is -4.05. The first-order valence-electron chi connectivity index (χ1n) is 11.7. The molecule has 9 heteroatoms. The maximum atomic E-state index is 13.7. The lowest BCUT2D eigenvalue weighted by molar-refractivity contribution is -0.139. The third kappa shape index (κ3) is 7.07. The number of nitrogens with zero attached hydrogens (tertiary/aromatic N) is 2. The van der Waals surface area contributed by atoms with Gasteiger partial charge in [0, 0.05) is 16.7 Å². The number of carbonyl (C=O) groups is 2. The lowest BCUT2D eigenvalue weighted by Crippen LogP contribution is -2.51. The van der Waals surface area contributed by atoms with Crippen LogP contribution in [-0.4, -0.2) is 44.3 Å². The SMILES string of the molecule is CCCNC(=O)[C@@H](C)N(Cc1ccccc1)C(=O)CN(c1ccc(I)cc1)S(=O)(=O)c1ccccc1. The molecule has 0 fully saturated rings. The van der Waals surface area contributed by atoms with Gasteiger partial charge >= 0.3 is 0 Å². The second-order valence-electron chi connectivity index (χ2n) is 8.28. The van der Waals surface area contributed by atoms with Gasteiger partial charge in [0.2, 0.25) is 11.8 Å². The number of halogens is 1. The molecule has 0 saturated carbocycles. The smallest absolute Gasteiger partial charge is 0.264 e. The number of nitrogens with one attached hydrogen (secondary N) is 1. The molecule has 0 unspecified atom stereocenters. The molecule has 3 aromatic rings. The van der Waals surface area contributed by atoms with Crippen molar-refractivity contribution < 1.29 is 18.0 Å². The van der Waals surface area contributed by atoms with E-state index in [-0.39, 0.29) is 17.3 Å². The van der Waals surface area contributed by atoms with Crippen LogP contribution >= 0.6 is 22.6 Å². The molecule has 0 aromatic heterocycles. The lowest BCUT2D eigenvalue weighted by Gasteiger charge is -2.32. The summed E-state index contributed by atoms with van der Waals surface area (Å²) in [4.78, 5) is 28.1. The molecule has 0 aliphatic carbocycles. The Morgan fingerprint density at radius 1 is 0.917 bits per heavy atom. The fourth-order valence-corrected chi connectivity index (χ4v) is 5.41. The number of rotatable bonds is 11. The minimum Gasteiger partial charge on any atom is -0.354 e. The summed E-state index contributed by atoms with van der Waals surface area (Å²) in [6.45, 7) is 3.83. The lowest BCUT2D eigenvalue weighted by atomic mass is 10.1. The van der Waals surface area contributed by atoms with E-state index in [9.17, 15) is 18.0 Å². The summed E-state index contributed by atoms with van der Waals surface area (Å²) >= 11 is 2.14. The highest BCUT2D eigenvalue weighted by molar-refractivity contribution is 14.1. The number of amides is 2. The fourth-order valence-electron chi connectivity index (χ4n) is 3.61. The highest BCUT2D eigenvalue weighted by Crippen LogP contribution is 2.25. The van der Waals surface area contributed by atoms with Gasteiger partial charge in [-0.1, -0.05) is 55.5 Å². The number of hydrogen-bond donors (Lipinski definition) is 1. The van der Waals surface area contributed by atoms with Crippen LogP contribution in [0.1, 0.15) is 25.8 Å². The van der Waals surface area contributed by atoms with Crippen LogP contribution in [0.15, 0.2) is 89.8 Å². The standard InChI is InChI=1S/C27H30IN3O4S/c1-3-18-29-27(33)21(2)30(19-22-10-6-4-7-11-22)26(32)20-31(24-16-14-23(28)15-17-24)36(34,35)25-12-8-5-9-13-25/h4-17,21H,3,18-20H2,1-2H3,(H,29,33)/t21-/m1/s1. The van der Waals surface area contributed by atoms with Gasteiger partial charge in [0.15, 0.2) is 0 Å². The zero-order chi connectivity index (χ0) is 26.1. The molecule has 0 bridgehead atoms. The molecular weight excluding hydrogens is 589 g/mol. The van der Waals surface area contributed by atoms with Crippen molar-refractivity contribution in [3.8, 4) is 0 Å². The van der Waals surface area contributed by atoms with Gasteiger partial charge in [-0.2, -0.15) is 0 Å². The number of carbonyl (C=O) groups excluding carboxylic acids is 2. The average Bonchev–Trinajstić information content (AvgIpc) is 2.90. The van der Waals surface area contributed by atoms with Gasteiger partial charge in [0.25, 0.3) is 10.0 Å². The number of sulfonamides is 1. The predicted molar refractivity (Wildman–Crippen MR) is 150 cm³/mol. The van der Waals surface area contributed by atoms with Crippen molar-refractivity contribution in [1.29, 1.82) is 0 Å². The molecule has 0 aliphatic rings. The maximum Gasteiger partial charge on any atom is 0.264 e. The molecule has 1 atom stereocenters. The zero-order valence-electron chi connectivity index (χ0n) is 20.3. The second-order valence-corrected chi connectivity index (χ2v) is 11.4. The first-order valence-corrected chi connectivity index (χ1v) is 14.2. The van der Waals surface area contributed by atoms with E-state index in [2.05, 4.69) is 27.9 Å². The van der Waals surface area contributed by atoms with Gasteiger partial charge in [-0.25, -0.2) is 8.42 Å². The summed E-state index contributed by atoms with van der Waals surface area (Å²) < 4.78 is 29.3. The molecule has 1 N–H and O–H groups in total. The summed E-state index contributed by atoms with van der Waals surface area (Å²) in [5.41, 5.74) is 1.21. The normalized spacial score (nSPS) is 12.0. The Labute approximate surface area is 226 Å². The third-order valence-electron chi connectivity index (χ3n) is 5.64. The summed E-state index contributed by atoms with van der Waals surface area (Å²) in [5, 5.41) is 2.84. The van der Waals surface area contributed by atoms with E-state index in [0.717, 1.165) is 19.9 Å². The van der Waals surface area contributed by atoms with Gasteiger partial charge in [-0.05, 0) is 77.9 Å². The second kappa shape index (κ2) is 12.9. The quantitative estimate of drug-likeness (QED) is 0.322. The van der Waals surface area contributed by atoms with Crippen LogP contribution in [-0.2, 0) is 26.2 Å². The Morgan fingerprint density at radius 2 is 1.50 bits per heavy atom. The molecule has 2 amide bonds. The van der Waals surface area contributed by atoms with Crippen molar-refractivity contribution in [3.05, 3.63) is 94.1 Å². The molecule has 0 aliphatic heterocycles. The number of anilines is 1. The van der Waals surface area contributed by atoms with Gasteiger partial charge in [-0.3, -0.25) is 13.9 Å². The Bertz CT molecular complexity index is 1250. The summed E-state index contributed by atoms with van der Waals surface area (Å²) in [5.74, 6) is -0.760. The summed E-state index contributed by atoms with van der Waals surface area (Å²) in [6, 6.07) is 23.5. The molecule has 0 saturated heterocycles. The first kappa shape index (κ1) is 27.7. The van der Waals surface area contributed by atoms with Crippen LogP contribution in [0, 0.1) is 3.57 Å².